The Labute approximate surface area is 186 Å². The number of hydrogen-bond donors (Lipinski definition) is 4. The van der Waals surface area contributed by atoms with Crippen molar-refractivity contribution in [2.75, 3.05) is 12.3 Å². The van der Waals surface area contributed by atoms with Gasteiger partial charge in [0.25, 0.3) is 5.91 Å². The highest BCUT2D eigenvalue weighted by Gasteiger charge is 2.47. The van der Waals surface area contributed by atoms with E-state index in [1.165, 1.54) is 23.3 Å². The lowest BCUT2D eigenvalue weighted by molar-refractivity contribution is -0.137. The molecule has 0 spiro atoms. The number of amides is 1. The van der Waals surface area contributed by atoms with Crippen molar-refractivity contribution >= 4 is 34.5 Å². The van der Waals surface area contributed by atoms with Gasteiger partial charge in [-0.1, -0.05) is 11.6 Å². The lowest BCUT2D eigenvalue weighted by atomic mass is 10.1. The van der Waals surface area contributed by atoms with Gasteiger partial charge < -0.3 is 25.6 Å². The van der Waals surface area contributed by atoms with Gasteiger partial charge in [0.05, 0.1) is 11.3 Å². The van der Waals surface area contributed by atoms with Crippen LogP contribution in [0.2, 0.25) is 5.02 Å². The molecule has 0 aromatic carbocycles. The highest BCUT2D eigenvalue weighted by atomic mass is 35.5. The summed E-state index contributed by atoms with van der Waals surface area (Å²) >= 11 is 6.07. The summed E-state index contributed by atoms with van der Waals surface area (Å²) in [4.78, 5) is 29.7. The van der Waals surface area contributed by atoms with Gasteiger partial charge in [-0.25, -0.2) is 15.0 Å². The first kappa shape index (κ1) is 17.8. The molecule has 164 valence electrons. The number of nitrogens with one attached hydrogen (secondary N) is 2. The maximum Gasteiger partial charge on any atom is 0.251 e. The summed E-state index contributed by atoms with van der Waals surface area (Å²) in [5, 5.41) is 26.3. The number of aromatic nitrogens is 5. The Bertz CT molecular complexity index is 1220. The molecule has 3 aromatic rings. The SMILES string of the molecule is [2H]C([2H])([2H])NC(=O)[C@H]1O[C@@H](n2cnc3c(NC(C)C)nc(-c4cncc(Cl)c4)nc32)[C@H](O)[C@@H]1O. The van der Waals surface area contributed by atoms with E-state index in [2.05, 4.69) is 25.3 Å². The van der Waals surface area contributed by atoms with Gasteiger partial charge in [0.1, 0.15) is 12.2 Å². The summed E-state index contributed by atoms with van der Waals surface area (Å²) in [5.74, 6) is -0.420. The Morgan fingerprint density at radius 3 is 2.84 bits per heavy atom. The highest BCUT2D eigenvalue weighted by Crippen LogP contribution is 2.33. The fourth-order valence-corrected chi connectivity index (χ4v) is 3.49. The number of fused-ring (bicyclic) bond motifs is 1. The first-order valence-electron chi connectivity index (χ1n) is 10.9. The molecule has 4 heterocycles. The standard InChI is InChI=1S/C19H22ClN7O4/c1-8(2)24-16-11-17(26-15(25-16)9-4-10(20)6-22-5-9)27(7-23-11)19-13(29)12(28)14(31-19)18(30)21-3/h4-8,12-14,19,28-29H,1-3H3,(H,21,30)(H,24,25,26)/t12-,13+,14-,19+/m0/s1/i3D3. The molecule has 0 radical (unpaired) electrons. The van der Waals surface area contributed by atoms with Crippen LogP contribution in [-0.2, 0) is 9.53 Å². The number of aliphatic hydroxyl groups excluding tert-OH is 2. The molecule has 11 nitrogen and oxygen atoms in total. The van der Waals surface area contributed by atoms with E-state index in [0.717, 1.165) is 0 Å². The molecule has 1 saturated heterocycles. The molecule has 0 saturated carbocycles. The minimum absolute atomic E-state index is 0.00307. The predicted octanol–water partition coefficient (Wildman–Crippen LogP) is 0.727. The van der Waals surface area contributed by atoms with Crippen LogP contribution < -0.4 is 10.6 Å². The molecule has 4 rings (SSSR count). The number of anilines is 1. The van der Waals surface area contributed by atoms with Gasteiger partial charge in [-0.05, 0) is 19.9 Å². The zero-order valence-electron chi connectivity index (χ0n) is 19.5. The van der Waals surface area contributed by atoms with Gasteiger partial charge >= 0.3 is 0 Å². The van der Waals surface area contributed by atoms with Gasteiger partial charge in [0, 0.05) is 35.1 Å². The fourth-order valence-electron chi connectivity index (χ4n) is 3.32. The van der Waals surface area contributed by atoms with E-state index in [4.69, 9.17) is 20.5 Å². The minimum Gasteiger partial charge on any atom is -0.387 e. The number of pyridine rings is 1. The van der Waals surface area contributed by atoms with E-state index in [1.807, 2.05) is 13.8 Å². The van der Waals surface area contributed by atoms with Crippen LogP contribution in [0, 0.1) is 0 Å². The van der Waals surface area contributed by atoms with Crippen molar-refractivity contribution in [2.24, 2.45) is 0 Å². The van der Waals surface area contributed by atoms with E-state index >= 15 is 0 Å². The Balaban J connectivity index is 1.77. The van der Waals surface area contributed by atoms with Crippen LogP contribution in [0.1, 0.15) is 24.2 Å². The summed E-state index contributed by atoms with van der Waals surface area (Å²) in [5.41, 5.74) is 1.12. The van der Waals surface area contributed by atoms with Crippen LogP contribution in [0.4, 0.5) is 5.82 Å². The zero-order chi connectivity index (χ0) is 24.8. The van der Waals surface area contributed by atoms with E-state index < -0.39 is 37.4 Å². The average Bonchev–Trinajstić information content (AvgIpc) is 3.28. The zero-order valence-corrected chi connectivity index (χ0v) is 17.3. The molecule has 1 fully saturated rings. The van der Waals surface area contributed by atoms with Crippen molar-refractivity contribution in [2.45, 2.75) is 44.4 Å². The average molecular weight is 451 g/mol. The molecule has 31 heavy (non-hydrogen) atoms. The maximum absolute atomic E-state index is 12.3. The number of likely N-dealkylation sites (N-methyl/N-ethyl adjacent to an activating group) is 1. The Morgan fingerprint density at radius 1 is 1.32 bits per heavy atom. The van der Waals surface area contributed by atoms with Gasteiger partial charge in [0.2, 0.25) is 0 Å². The number of carbonyl (C=O) groups is 1. The lowest BCUT2D eigenvalue weighted by Crippen LogP contribution is -2.41. The molecular formula is C19H22ClN7O4. The molecule has 1 aliphatic rings. The monoisotopic (exact) mass is 450 g/mol. The van der Waals surface area contributed by atoms with Crippen molar-refractivity contribution < 1.29 is 23.9 Å². The topological polar surface area (TPSA) is 147 Å². The largest absolute Gasteiger partial charge is 0.387 e. The molecule has 1 aliphatic heterocycles. The van der Waals surface area contributed by atoms with E-state index in [9.17, 15) is 15.0 Å². The van der Waals surface area contributed by atoms with Crippen LogP contribution in [0.25, 0.3) is 22.6 Å². The van der Waals surface area contributed by atoms with Crippen LogP contribution >= 0.6 is 11.6 Å². The number of halogens is 1. The molecule has 0 aliphatic carbocycles. The van der Waals surface area contributed by atoms with Gasteiger partial charge in [0.15, 0.2) is 35.1 Å². The normalized spacial score (nSPS) is 25.3. The minimum atomic E-state index is -2.78. The van der Waals surface area contributed by atoms with Gasteiger partial charge in [-0.3, -0.25) is 14.3 Å². The lowest BCUT2D eigenvalue weighted by Gasteiger charge is -2.17. The molecular weight excluding hydrogens is 426 g/mol. The second kappa shape index (κ2) is 8.35. The number of rotatable bonds is 5. The summed E-state index contributed by atoms with van der Waals surface area (Å²) in [6.07, 6.45) is -1.82. The summed E-state index contributed by atoms with van der Waals surface area (Å²) in [7, 11) is 0. The molecule has 0 unspecified atom stereocenters. The smallest absolute Gasteiger partial charge is 0.251 e. The Kier molecular flexibility index (Phi) is 4.79. The maximum atomic E-state index is 12.3. The number of carbonyl (C=O) groups excluding carboxylic acids is 1. The number of imidazole rings is 1. The fraction of sp³-hybridized carbons (Fsp3) is 0.421. The third-order valence-electron chi connectivity index (χ3n) is 4.70. The molecule has 4 N–H and O–H groups in total. The Hall–Kier alpha value is -2.86. The first-order valence-corrected chi connectivity index (χ1v) is 9.78. The molecule has 1 amide bonds. The summed E-state index contributed by atoms with van der Waals surface area (Å²) in [6.45, 7) is 1.05. The van der Waals surface area contributed by atoms with Gasteiger partial charge in [-0.15, -0.1) is 0 Å². The second-order valence-corrected chi connectivity index (χ2v) is 7.76. The summed E-state index contributed by atoms with van der Waals surface area (Å²) in [6, 6.07) is 1.63. The third kappa shape index (κ3) is 3.92. The molecule has 3 aromatic heterocycles. The third-order valence-corrected chi connectivity index (χ3v) is 4.91. The number of aliphatic hydroxyl groups is 2. The number of ether oxygens (including phenoxy) is 1. The van der Waals surface area contributed by atoms with Crippen LogP contribution in [-0.4, -0.2) is 72.0 Å². The van der Waals surface area contributed by atoms with Crippen LogP contribution in [0.5, 0.6) is 0 Å². The summed E-state index contributed by atoms with van der Waals surface area (Å²) < 4.78 is 28.5. The predicted molar refractivity (Wildman–Crippen MR) is 112 cm³/mol. The van der Waals surface area contributed by atoms with Crippen molar-refractivity contribution in [1.29, 1.82) is 0 Å². The van der Waals surface area contributed by atoms with Crippen molar-refractivity contribution in [3.8, 4) is 11.4 Å². The van der Waals surface area contributed by atoms with Crippen LogP contribution in [0.3, 0.4) is 0 Å². The Morgan fingerprint density at radius 2 is 2.13 bits per heavy atom. The van der Waals surface area contributed by atoms with E-state index in [-0.39, 0.29) is 17.5 Å². The molecule has 12 heteroatoms. The van der Waals surface area contributed by atoms with Crippen LogP contribution in [0.15, 0.2) is 24.8 Å². The first-order chi connectivity index (χ1) is 15.9. The van der Waals surface area contributed by atoms with E-state index in [1.54, 1.807) is 11.4 Å². The molecule has 0 bridgehead atoms. The second-order valence-electron chi connectivity index (χ2n) is 7.33. The van der Waals surface area contributed by atoms with Crippen molar-refractivity contribution in [3.05, 3.63) is 29.8 Å². The van der Waals surface area contributed by atoms with E-state index in [0.29, 0.717) is 21.9 Å². The molecule has 4 atom stereocenters. The van der Waals surface area contributed by atoms with Gasteiger partial charge in [-0.2, -0.15) is 0 Å². The quantitative estimate of drug-likeness (QED) is 0.441. The number of hydrogen-bond acceptors (Lipinski definition) is 9. The number of nitrogens with zero attached hydrogens (tertiary/aromatic N) is 5. The van der Waals surface area contributed by atoms with Crippen molar-refractivity contribution in [3.63, 3.8) is 0 Å². The highest BCUT2D eigenvalue weighted by molar-refractivity contribution is 6.30. The van der Waals surface area contributed by atoms with Crippen molar-refractivity contribution in [1.82, 2.24) is 29.8 Å².